The number of hydrogen-bond acceptors (Lipinski definition) is 5. The largest absolute Gasteiger partial charge is 0.478 e. The van der Waals surface area contributed by atoms with Crippen LogP contribution < -0.4 is 4.74 Å². The van der Waals surface area contributed by atoms with Gasteiger partial charge in [-0.1, -0.05) is 0 Å². The van der Waals surface area contributed by atoms with E-state index < -0.39 is 22.4 Å². The van der Waals surface area contributed by atoms with Gasteiger partial charge in [-0.2, -0.15) is 0 Å². The second-order valence-electron chi connectivity index (χ2n) is 3.85. The summed E-state index contributed by atoms with van der Waals surface area (Å²) < 4.78 is 23.4. The smallest absolute Gasteiger partial charge is 0.371 e. The van der Waals surface area contributed by atoms with Gasteiger partial charge in [0.25, 0.3) is 0 Å². The van der Waals surface area contributed by atoms with Crippen molar-refractivity contribution in [2.75, 3.05) is 0 Å². The van der Waals surface area contributed by atoms with Gasteiger partial charge in [0.15, 0.2) is 0 Å². The predicted molar refractivity (Wildman–Crippen MR) is 70.8 cm³/mol. The molecule has 0 radical (unpaired) electrons. The molecule has 1 aromatic heterocycles. The Labute approximate surface area is 125 Å². The fourth-order valence-corrected chi connectivity index (χ4v) is 2.08. The third kappa shape index (κ3) is 3.37. The summed E-state index contributed by atoms with van der Waals surface area (Å²) in [6.45, 7) is -0.238. The van der Waals surface area contributed by atoms with Crippen molar-refractivity contribution in [3.05, 3.63) is 56.2 Å². The number of halogens is 2. The van der Waals surface area contributed by atoms with Crippen LogP contribution in [0.15, 0.2) is 33.2 Å². The van der Waals surface area contributed by atoms with Gasteiger partial charge in [-0.05, 0) is 34.1 Å². The van der Waals surface area contributed by atoms with E-state index in [9.17, 15) is 19.3 Å². The van der Waals surface area contributed by atoms with Gasteiger partial charge < -0.3 is 14.3 Å². The van der Waals surface area contributed by atoms with E-state index >= 15 is 0 Å². The molecule has 7 nitrogen and oxygen atoms in total. The van der Waals surface area contributed by atoms with Crippen LogP contribution in [-0.4, -0.2) is 16.0 Å². The van der Waals surface area contributed by atoms with Crippen LogP contribution in [0.4, 0.5) is 10.1 Å². The molecule has 2 aromatic rings. The third-order valence-corrected chi connectivity index (χ3v) is 3.01. The lowest BCUT2D eigenvalue weighted by molar-refractivity contribution is -0.386. The first-order chi connectivity index (χ1) is 9.88. The highest BCUT2D eigenvalue weighted by atomic mass is 79.9. The molecule has 0 spiro atoms. The van der Waals surface area contributed by atoms with Gasteiger partial charge in [0.1, 0.15) is 18.2 Å². The number of benzene rings is 1. The minimum Gasteiger partial charge on any atom is -0.478 e. The summed E-state index contributed by atoms with van der Waals surface area (Å²) in [4.78, 5) is 20.7. The van der Waals surface area contributed by atoms with E-state index in [1.807, 2.05) is 0 Å². The van der Waals surface area contributed by atoms with Gasteiger partial charge in [-0.3, -0.25) is 10.1 Å². The molecule has 1 aromatic carbocycles. The van der Waals surface area contributed by atoms with Crippen molar-refractivity contribution in [2.45, 2.75) is 6.61 Å². The number of furan rings is 1. The minimum absolute atomic E-state index is 0.0687. The second kappa shape index (κ2) is 5.92. The Morgan fingerprint density at radius 3 is 2.76 bits per heavy atom. The van der Waals surface area contributed by atoms with Gasteiger partial charge >= 0.3 is 11.7 Å². The fraction of sp³-hybridized carbons (Fsp3) is 0.0833. The van der Waals surface area contributed by atoms with Crippen molar-refractivity contribution in [2.24, 2.45) is 0 Å². The fourth-order valence-electron chi connectivity index (χ4n) is 1.54. The van der Waals surface area contributed by atoms with Gasteiger partial charge in [0, 0.05) is 0 Å². The lowest BCUT2D eigenvalue weighted by Gasteiger charge is -2.07. The first kappa shape index (κ1) is 15.0. The molecule has 1 heterocycles. The van der Waals surface area contributed by atoms with E-state index in [2.05, 4.69) is 15.9 Å². The molecule has 0 aliphatic heterocycles. The standard InChI is InChI=1S/C12H7BrFNO6/c13-8-3-6(14)4-9(15(18)19)11(8)20-5-7-1-2-10(21-7)12(16)17/h1-4H,5H2,(H,16,17). The van der Waals surface area contributed by atoms with Crippen LogP contribution in [0.1, 0.15) is 16.3 Å². The monoisotopic (exact) mass is 359 g/mol. The number of carboxylic acids is 1. The number of nitro groups is 1. The highest BCUT2D eigenvalue weighted by Crippen LogP contribution is 2.36. The van der Waals surface area contributed by atoms with Crippen molar-refractivity contribution in [1.29, 1.82) is 0 Å². The molecule has 0 unspecified atom stereocenters. The molecule has 1 N–H and O–H groups in total. The van der Waals surface area contributed by atoms with Gasteiger partial charge in [-0.25, -0.2) is 9.18 Å². The minimum atomic E-state index is -1.24. The van der Waals surface area contributed by atoms with Crippen LogP contribution in [-0.2, 0) is 6.61 Å². The number of aromatic carboxylic acids is 1. The number of nitrogens with zero attached hydrogens (tertiary/aromatic N) is 1. The number of nitro benzene ring substituents is 1. The zero-order chi connectivity index (χ0) is 15.6. The van der Waals surface area contributed by atoms with Gasteiger partial charge in [0.2, 0.25) is 11.5 Å². The number of carbonyl (C=O) groups is 1. The van der Waals surface area contributed by atoms with E-state index in [0.29, 0.717) is 0 Å². The number of carboxylic acid groups (broad SMARTS) is 1. The van der Waals surface area contributed by atoms with E-state index in [1.54, 1.807) is 0 Å². The molecule has 0 aliphatic carbocycles. The van der Waals surface area contributed by atoms with Gasteiger partial charge in [-0.15, -0.1) is 0 Å². The van der Waals surface area contributed by atoms with Crippen LogP contribution in [0.25, 0.3) is 0 Å². The summed E-state index contributed by atoms with van der Waals surface area (Å²) >= 11 is 2.97. The highest BCUT2D eigenvalue weighted by Gasteiger charge is 2.21. The lowest BCUT2D eigenvalue weighted by atomic mass is 10.3. The van der Waals surface area contributed by atoms with Crippen molar-refractivity contribution in [3.8, 4) is 5.75 Å². The lowest BCUT2D eigenvalue weighted by Crippen LogP contribution is -2.00. The van der Waals surface area contributed by atoms with Crippen molar-refractivity contribution in [1.82, 2.24) is 0 Å². The molecule has 9 heteroatoms. The van der Waals surface area contributed by atoms with Crippen LogP contribution >= 0.6 is 15.9 Å². The molecule has 0 fully saturated rings. The Balaban J connectivity index is 2.23. The van der Waals surface area contributed by atoms with Crippen molar-refractivity contribution in [3.63, 3.8) is 0 Å². The zero-order valence-electron chi connectivity index (χ0n) is 10.2. The molecular weight excluding hydrogens is 353 g/mol. The van der Waals surface area contributed by atoms with E-state index in [4.69, 9.17) is 14.3 Å². The van der Waals surface area contributed by atoms with E-state index in [0.717, 1.165) is 12.1 Å². The van der Waals surface area contributed by atoms with Crippen LogP contribution in [0, 0.1) is 15.9 Å². The molecule has 0 aliphatic rings. The Hall–Kier alpha value is -2.42. The molecule has 0 saturated carbocycles. The van der Waals surface area contributed by atoms with E-state index in [-0.39, 0.29) is 28.3 Å². The van der Waals surface area contributed by atoms with Crippen LogP contribution in [0.2, 0.25) is 0 Å². The SMILES string of the molecule is O=C(O)c1ccc(COc2c(Br)cc(F)cc2[N+](=O)[O-])o1. The average molecular weight is 360 g/mol. The summed E-state index contributed by atoms with van der Waals surface area (Å²) in [5, 5.41) is 19.6. The maximum Gasteiger partial charge on any atom is 0.371 e. The third-order valence-electron chi connectivity index (χ3n) is 2.42. The van der Waals surface area contributed by atoms with Crippen molar-refractivity contribution >= 4 is 27.6 Å². The number of ether oxygens (including phenoxy) is 1. The molecular formula is C12H7BrFNO6. The first-order valence-electron chi connectivity index (χ1n) is 5.46. The number of hydrogen-bond donors (Lipinski definition) is 1. The van der Waals surface area contributed by atoms with Crippen LogP contribution in [0.5, 0.6) is 5.75 Å². The molecule has 0 saturated heterocycles. The zero-order valence-corrected chi connectivity index (χ0v) is 11.8. The maximum absolute atomic E-state index is 13.1. The van der Waals surface area contributed by atoms with Gasteiger partial charge in [0.05, 0.1) is 15.5 Å². The molecule has 0 amide bonds. The quantitative estimate of drug-likeness (QED) is 0.648. The topological polar surface area (TPSA) is 103 Å². The first-order valence-corrected chi connectivity index (χ1v) is 6.26. The summed E-state index contributed by atoms with van der Waals surface area (Å²) in [6.07, 6.45) is 0. The molecule has 0 bridgehead atoms. The summed E-state index contributed by atoms with van der Waals surface area (Å²) in [5.74, 6) is -2.31. The Morgan fingerprint density at radius 1 is 1.48 bits per heavy atom. The Kier molecular flexibility index (Phi) is 4.22. The summed E-state index contributed by atoms with van der Waals surface area (Å²) in [7, 11) is 0. The maximum atomic E-state index is 13.1. The molecule has 0 atom stereocenters. The van der Waals surface area contributed by atoms with Crippen LogP contribution in [0.3, 0.4) is 0 Å². The predicted octanol–water partition coefficient (Wildman–Crippen LogP) is 3.37. The number of rotatable bonds is 5. The average Bonchev–Trinajstić information content (AvgIpc) is 2.85. The molecule has 110 valence electrons. The summed E-state index contributed by atoms with van der Waals surface area (Å²) in [5.41, 5.74) is -0.549. The van der Waals surface area contributed by atoms with Crippen molar-refractivity contribution < 1.29 is 28.4 Å². The van der Waals surface area contributed by atoms with E-state index in [1.165, 1.54) is 12.1 Å². The molecule has 2 rings (SSSR count). The highest BCUT2D eigenvalue weighted by molar-refractivity contribution is 9.10. The normalized spacial score (nSPS) is 10.4. The Morgan fingerprint density at radius 2 is 2.19 bits per heavy atom. The second-order valence-corrected chi connectivity index (χ2v) is 4.71. The summed E-state index contributed by atoms with van der Waals surface area (Å²) in [6, 6.07) is 4.35. The molecule has 21 heavy (non-hydrogen) atoms. The Bertz CT molecular complexity index is 714.